The molecule has 0 atom stereocenters. The number of piperidine rings is 1. The minimum atomic E-state index is -3.31. The molecule has 7 heteroatoms. The van der Waals surface area contributed by atoms with Crippen LogP contribution in [0.4, 0.5) is 11.4 Å². The van der Waals surface area contributed by atoms with Crippen LogP contribution in [0.1, 0.15) is 31.2 Å². The Morgan fingerprint density at radius 2 is 1.88 bits per heavy atom. The third-order valence-corrected chi connectivity index (χ3v) is 5.27. The van der Waals surface area contributed by atoms with Gasteiger partial charge < -0.3 is 9.80 Å². The summed E-state index contributed by atoms with van der Waals surface area (Å²) < 4.78 is 25.7. The third-order valence-electron chi connectivity index (χ3n) is 4.68. The highest BCUT2D eigenvalue weighted by molar-refractivity contribution is 7.92. The van der Waals surface area contributed by atoms with Gasteiger partial charge in [-0.3, -0.25) is 9.52 Å². The summed E-state index contributed by atoms with van der Waals surface area (Å²) in [6.45, 7) is 2.91. The summed E-state index contributed by atoms with van der Waals surface area (Å²) >= 11 is 0. The van der Waals surface area contributed by atoms with Crippen molar-refractivity contribution < 1.29 is 13.2 Å². The summed E-state index contributed by atoms with van der Waals surface area (Å²) in [5.74, 6) is 0.170. The topological polar surface area (TPSA) is 69.7 Å². The molecule has 2 aliphatic rings. The Hall–Kier alpha value is -1.76. The lowest BCUT2D eigenvalue weighted by Crippen LogP contribution is -2.44. The molecule has 1 saturated heterocycles. The number of carbonyl (C=O) groups excluding carboxylic acids is 1. The van der Waals surface area contributed by atoms with Gasteiger partial charge in [-0.25, -0.2) is 8.42 Å². The standard InChI is InChI=1S/C17H25N3O3S/c1-24(22,23)18-15-8-5-9-16-14(15)7-6-12-20(16)13-17(21)19-10-3-2-4-11-19/h5,8-9,18H,2-4,6-7,10-13H2,1H3. The van der Waals surface area contributed by atoms with E-state index in [9.17, 15) is 13.2 Å². The molecule has 2 aliphatic heterocycles. The zero-order chi connectivity index (χ0) is 17.2. The smallest absolute Gasteiger partial charge is 0.242 e. The molecule has 1 aromatic carbocycles. The summed E-state index contributed by atoms with van der Waals surface area (Å²) in [6, 6.07) is 5.61. The van der Waals surface area contributed by atoms with Crippen LogP contribution in [0.2, 0.25) is 0 Å². The van der Waals surface area contributed by atoms with Crippen molar-refractivity contribution in [2.75, 3.05) is 42.1 Å². The Morgan fingerprint density at radius 1 is 1.12 bits per heavy atom. The van der Waals surface area contributed by atoms with Gasteiger partial charge in [-0.05, 0) is 49.8 Å². The number of nitrogens with zero attached hydrogens (tertiary/aromatic N) is 2. The summed E-state index contributed by atoms with van der Waals surface area (Å²) in [7, 11) is -3.31. The Kier molecular flexibility index (Phi) is 4.99. The summed E-state index contributed by atoms with van der Waals surface area (Å²) in [5, 5.41) is 0. The SMILES string of the molecule is CS(=O)(=O)Nc1cccc2c1CCCN2CC(=O)N1CCCCC1. The fraction of sp³-hybridized carbons (Fsp3) is 0.588. The molecule has 0 unspecified atom stereocenters. The van der Waals surface area contributed by atoms with Crippen molar-refractivity contribution in [1.29, 1.82) is 0 Å². The van der Waals surface area contributed by atoms with Crippen LogP contribution in [-0.4, -0.2) is 51.7 Å². The maximum atomic E-state index is 12.6. The van der Waals surface area contributed by atoms with Crippen molar-refractivity contribution in [2.45, 2.75) is 32.1 Å². The van der Waals surface area contributed by atoms with Crippen LogP contribution in [0, 0.1) is 0 Å². The number of benzene rings is 1. The van der Waals surface area contributed by atoms with E-state index < -0.39 is 10.0 Å². The molecule has 0 spiro atoms. The first-order valence-electron chi connectivity index (χ1n) is 8.56. The predicted octanol–water partition coefficient (Wildman–Crippen LogP) is 1.82. The highest BCUT2D eigenvalue weighted by Crippen LogP contribution is 2.33. The average molecular weight is 351 g/mol. The molecule has 24 heavy (non-hydrogen) atoms. The van der Waals surface area contributed by atoms with Gasteiger partial charge >= 0.3 is 0 Å². The van der Waals surface area contributed by atoms with Gasteiger partial charge in [-0.2, -0.15) is 0 Å². The second-order valence-corrected chi connectivity index (χ2v) is 8.39. The van der Waals surface area contributed by atoms with E-state index in [1.54, 1.807) is 6.07 Å². The second kappa shape index (κ2) is 7.01. The normalized spacial score (nSPS) is 18.2. The third kappa shape index (κ3) is 4.01. The summed E-state index contributed by atoms with van der Waals surface area (Å²) in [5.41, 5.74) is 2.59. The van der Waals surface area contributed by atoms with Gasteiger partial charge in [0.05, 0.1) is 18.5 Å². The first-order chi connectivity index (χ1) is 11.4. The highest BCUT2D eigenvalue weighted by Gasteiger charge is 2.24. The lowest BCUT2D eigenvalue weighted by molar-refractivity contribution is -0.130. The van der Waals surface area contributed by atoms with E-state index in [1.165, 1.54) is 6.42 Å². The number of carbonyl (C=O) groups is 1. The number of rotatable bonds is 4. The first-order valence-corrected chi connectivity index (χ1v) is 10.5. The van der Waals surface area contributed by atoms with Crippen molar-refractivity contribution in [3.8, 4) is 0 Å². The fourth-order valence-corrected chi connectivity index (χ4v) is 4.16. The van der Waals surface area contributed by atoms with Crippen molar-refractivity contribution in [3.05, 3.63) is 23.8 Å². The van der Waals surface area contributed by atoms with Gasteiger partial charge in [0.1, 0.15) is 0 Å². The van der Waals surface area contributed by atoms with E-state index in [4.69, 9.17) is 0 Å². The van der Waals surface area contributed by atoms with Crippen LogP contribution in [0.15, 0.2) is 18.2 Å². The Balaban J connectivity index is 1.78. The van der Waals surface area contributed by atoms with Crippen LogP contribution in [-0.2, 0) is 21.2 Å². The molecular weight excluding hydrogens is 326 g/mol. The number of sulfonamides is 1. The van der Waals surface area contributed by atoms with Gasteiger partial charge in [-0.15, -0.1) is 0 Å². The number of anilines is 2. The molecular formula is C17H25N3O3S. The molecule has 0 aromatic heterocycles. The monoisotopic (exact) mass is 351 g/mol. The molecule has 0 saturated carbocycles. The quantitative estimate of drug-likeness (QED) is 0.898. The van der Waals surface area contributed by atoms with Gasteiger partial charge in [-0.1, -0.05) is 6.07 Å². The number of nitrogens with one attached hydrogen (secondary N) is 1. The zero-order valence-corrected chi connectivity index (χ0v) is 14.9. The molecule has 2 heterocycles. The van der Waals surface area contributed by atoms with E-state index in [1.807, 2.05) is 17.0 Å². The number of hydrogen-bond acceptors (Lipinski definition) is 4. The van der Waals surface area contributed by atoms with E-state index in [0.717, 1.165) is 62.8 Å². The molecule has 0 aliphatic carbocycles. The highest BCUT2D eigenvalue weighted by atomic mass is 32.2. The molecule has 0 radical (unpaired) electrons. The predicted molar refractivity (Wildman–Crippen MR) is 95.9 cm³/mol. The van der Waals surface area contributed by atoms with Crippen LogP contribution < -0.4 is 9.62 Å². The van der Waals surface area contributed by atoms with Gasteiger partial charge in [0.2, 0.25) is 15.9 Å². The van der Waals surface area contributed by atoms with Crippen molar-refractivity contribution in [2.24, 2.45) is 0 Å². The largest absolute Gasteiger partial charge is 0.362 e. The lowest BCUT2D eigenvalue weighted by atomic mass is 10.00. The number of likely N-dealkylation sites (tertiary alicyclic amines) is 1. The van der Waals surface area contributed by atoms with Gasteiger partial charge in [0.25, 0.3) is 0 Å². The number of amides is 1. The summed E-state index contributed by atoms with van der Waals surface area (Å²) in [4.78, 5) is 16.6. The van der Waals surface area contributed by atoms with Crippen molar-refractivity contribution >= 4 is 27.3 Å². The van der Waals surface area contributed by atoms with Gasteiger partial charge in [0.15, 0.2) is 0 Å². The lowest BCUT2D eigenvalue weighted by Gasteiger charge is -2.34. The second-order valence-electron chi connectivity index (χ2n) is 6.64. The number of fused-ring (bicyclic) bond motifs is 1. The molecule has 1 aromatic rings. The van der Waals surface area contributed by atoms with Crippen LogP contribution >= 0.6 is 0 Å². The van der Waals surface area contributed by atoms with Crippen LogP contribution in [0.25, 0.3) is 0 Å². The molecule has 6 nitrogen and oxygen atoms in total. The van der Waals surface area contributed by atoms with Crippen molar-refractivity contribution in [3.63, 3.8) is 0 Å². The molecule has 1 fully saturated rings. The average Bonchev–Trinajstić information content (AvgIpc) is 2.55. The molecule has 3 rings (SSSR count). The molecule has 1 amide bonds. The Bertz CT molecular complexity index is 712. The van der Waals surface area contributed by atoms with Crippen molar-refractivity contribution in [1.82, 2.24) is 4.90 Å². The van der Waals surface area contributed by atoms with E-state index >= 15 is 0 Å². The maximum Gasteiger partial charge on any atom is 0.242 e. The molecule has 132 valence electrons. The number of hydrogen-bond donors (Lipinski definition) is 1. The van der Waals surface area contributed by atoms with E-state index in [2.05, 4.69) is 9.62 Å². The zero-order valence-electron chi connectivity index (χ0n) is 14.1. The van der Waals surface area contributed by atoms with E-state index in [0.29, 0.717) is 12.2 Å². The van der Waals surface area contributed by atoms with Crippen LogP contribution in [0.3, 0.4) is 0 Å². The minimum Gasteiger partial charge on any atom is -0.362 e. The molecule has 1 N–H and O–H groups in total. The maximum absolute atomic E-state index is 12.6. The minimum absolute atomic E-state index is 0.170. The Labute approximate surface area is 143 Å². The van der Waals surface area contributed by atoms with Crippen LogP contribution in [0.5, 0.6) is 0 Å². The fourth-order valence-electron chi connectivity index (χ4n) is 3.57. The van der Waals surface area contributed by atoms with Gasteiger partial charge in [0, 0.05) is 25.3 Å². The van der Waals surface area contributed by atoms with E-state index in [-0.39, 0.29) is 5.91 Å². The first kappa shape index (κ1) is 17.1. The summed E-state index contributed by atoms with van der Waals surface area (Å²) in [6.07, 6.45) is 6.28. The molecule has 0 bridgehead atoms. The Morgan fingerprint density at radius 3 is 2.58 bits per heavy atom.